The molecule has 0 spiro atoms. The molecule has 5 heteroatoms. The average molecular weight is 320 g/mol. The molecule has 0 heterocycles. The summed E-state index contributed by atoms with van der Waals surface area (Å²) in [5.41, 5.74) is 8.53. The van der Waals surface area contributed by atoms with Crippen molar-refractivity contribution in [2.24, 2.45) is 5.73 Å². The van der Waals surface area contributed by atoms with Gasteiger partial charge in [0.1, 0.15) is 0 Å². The van der Waals surface area contributed by atoms with E-state index in [2.05, 4.69) is 17.9 Å². The Hall–Kier alpha value is -1.43. The molecule has 0 aromatic heterocycles. The van der Waals surface area contributed by atoms with Crippen LogP contribution >= 0.6 is 0 Å². The SMILES string of the molecule is CCOCCCN(CC)Cc1ccc2c(c1)[C@@H](C(N)=O)[C@H](O)C2. The second kappa shape index (κ2) is 8.43. The summed E-state index contributed by atoms with van der Waals surface area (Å²) in [6.45, 7) is 8.47. The first-order valence-corrected chi connectivity index (χ1v) is 8.46. The predicted octanol–water partition coefficient (Wildman–Crippen LogP) is 1.42. The highest BCUT2D eigenvalue weighted by Crippen LogP contribution is 2.34. The molecule has 0 aliphatic heterocycles. The monoisotopic (exact) mass is 320 g/mol. The molecule has 128 valence electrons. The maximum absolute atomic E-state index is 11.6. The molecular weight excluding hydrogens is 292 g/mol. The molecule has 5 nitrogen and oxygen atoms in total. The molecule has 0 unspecified atom stereocenters. The number of hydrogen-bond donors (Lipinski definition) is 2. The zero-order chi connectivity index (χ0) is 16.8. The topological polar surface area (TPSA) is 75.8 Å². The number of aliphatic hydroxyl groups excluding tert-OH is 1. The van der Waals surface area contributed by atoms with Gasteiger partial charge in [0, 0.05) is 26.3 Å². The van der Waals surface area contributed by atoms with Crippen molar-refractivity contribution in [1.82, 2.24) is 4.90 Å². The lowest BCUT2D eigenvalue weighted by Gasteiger charge is -2.21. The van der Waals surface area contributed by atoms with Crippen molar-refractivity contribution in [3.8, 4) is 0 Å². The van der Waals surface area contributed by atoms with E-state index >= 15 is 0 Å². The summed E-state index contributed by atoms with van der Waals surface area (Å²) < 4.78 is 5.39. The van der Waals surface area contributed by atoms with Crippen LogP contribution in [0, 0.1) is 0 Å². The van der Waals surface area contributed by atoms with Gasteiger partial charge in [-0.05, 0) is 43.0 Å². The standard InChI is InChI=1S/C18H28N2O3/c1-3-20(8-5-9-23-4-2)12-13-6-7-14-11-16(21)17(18(19)22)15(14)10-13/h6-7,10,16-17,21H,3-5,8-9,11-12H2,1-2H3,(H2,19,22)/t16-,17-/m1/s1. The van der Waals surface area contributed by atoms with Gasteiger partial charge in [-0.1, -0.05) is 25.1 Å². The van der Waals surface area contributed by atoms with Crippen LogP contribution in [0.1, 0.15) is 42.9 Å². The zero-order valence-electron chi connectivity index (χ0n) is 14.1. The van der Waals surface area contributed by atoms with Crippen LogP contribution < -0.4 is 5.73 Å². The third-order valence-electron chi connectivity index (χ3n) is 4.49. The molecule has 1 aromatic carbocycles. The van der Waals surface area contributed by atoms with E-state index in [0.29, 0.717) is 6.42 Å². The number of carbonyl (C=O) groups is 1. The Balaban J connectivity index is 2.02. The van der Waals surface area contributed by atoms with Gasteiger partial charge < -0.3 is 15.6 Å². The number of amides is 1. The van der Waals surface area contributed by atoms with Crippen LogP contribution in [0.2, 0.25) is 0 Å². The number of rotatable bonds is 9. The fourth-order valence-corrected chi connectivity index (χ4v) is 3.25. The van der Waals surface area contributed by atoms with Crippen LogP contribution in [-0.2, 0) is 22.5 Å². The van der Waals surface area contributed by atoms with Crippen molar-refractivity contribution < 1.29 is 14.6 Å². The number of nitrogens with zero attached hydrogens (tertiary/aromatic N) is 1. The number of hydrogen-bond acceptors (Lipinski definition) is 4. The Kier molecular flexibility index (Phi) is 6.57. The highest BCUT2D eigenvalue weighted by atomic mass is 16.5. The summed E-state index contributed by atoms with van der Waals surface area (Å²) in [5.74, 6) is -1.02. The third-order valence-corrected chi connectivity index (χ3v) is 4.49. The summed E-state index contributed by atoms with van der Waals surface area (Å²) >= 11 is 0. The minimum Gasteiger partial charge on any atom is -0.392 e. The quantitative estimate of drug-likeness (QED) is 0.675. The minimum atomic E-state index is -0.689. The van der Waals surface area contributed by atoms with Gasteiger partial charge in [0.25, 0.3) is 0 Å². The highest BCUT2D eigenvalue weighted by molar-refractivity contribution is 5.84. The molecule has 0 fully saturated rings. The van der Waals surface area contributed by atoms with Gasteiger partial charge in [-0.25, -0.2) is 0 Å². The van der Waals surface area contributed by atoms with E-state index < -0.39 is 17.9 Å². The summed E-state index contributed by atoms with van der Waals surface area (Å²) in [6.07, 6.45) is 0.829. The molecule has 0 saturated heterocycles. The van der Waals surface area contributed by atoms with Crippen LogP contribution in [0.25, 0.3) is 0 Å². The van der Waals surface area contributed by atoms with E-state index in [-0.39, 0.29) is 0 Å². The number of nitrogens with two attached hydrogens (primary N) is 1. The van der Waals surface area contributed by atoms with Crippen LogP contribution in [0.3, 0.4) is 0 Å². The van der Waals surface area contributed by atoms with Crippen molar-refractivity contribution in [3.63, 3.8) is 0 Å². The number of aliphatic hydroxyl groups is 1. The normalized spacial score (nSPS) is 20.0. The largest absolute Gasteiger partial charge is 0.392 e. The molecule has 1 aliphatic rings. The van der Waals surface area contributed by atoms with Gasteiger partial charge >= 0.3 is 0 Å². The molecule has 0 bridgehead atoms. The molecule has 1 amide bonds. The van der Waals surface area contributed by atoms with Crippen LogP contribution in [0.15, 0.2) is 18.2 Å². The van der Waals surface area contributed by atoms with E-state index in [9.17, 15) is 9.90 Å². The number of primary amides is 1. The summed E-state index contributed by atoms with van der Waals surface area (Å²) in [7, 11) is 0. The van der Waals surface area contributed by atoms with Crippen molar-refractivity contribution >= 4 is 5.91 Å². The van der Waals surface area contributed by atoms with Crippen molar-refractivity contribution in [2.75, 3.05) is 26.3 Å². The van der Waals surface area contributed by atoms with Gasteiger partial charge in [0.15, 0.2) is 0 Å². The number of carbonyl (C=O) groups excluding carboxylic acids is 1. The summed E-state index contributed by atoms with van der Waals surface area (Å²) in [5, 5.41) is 10.0. The van der Waals surface area contributed by atoms with E-state index in [1.165, 1.54) is 0 Å². The minimum absolute atomic E-state index is 0.447. The molecule has 1 aromatic rings. The fourth-order valence-electron chi connectivity index (χ4n) is 3.25. The second-order valence-corrected chi connectivity index (χ2v) is 6.10. The number of ether oxygens (including phenoxy) is 1. The van der Waals surface area contributed by atoms with Crippen molar-refractivity contribution in [2.45, 2.75) is 45.3 Å². The number of fused-ring (bicyclic) bond motifs is 1. The maximum atomic E-state index is 11.6. The highest BCUT2D eigenvalue weighted by Gasteiger charge is 2.35. The first kappa shape index (κ1) is 17.9. The maximum Gasteiger partial charge on any atom is 0.227 e. The first-order valence-electron chi connectivity index (χ1n) is 8.46. The third kappa shape index (κ3) is 4.53. The molecule has 0 saturated carbocycles. The fraction of sp³-hybridized carbons (Fsp3) is 0.611. The van der Waals surface area contributed by atoms with E-state index in [1.807, 2.05) is 19.1 Å². The Labute approximate surface area is 138 Å². The molecule has 2 rings (SSSR count). The van der Waals surface area contributed by atoms with Gasteiger partial charge in [0.2, 0.25) is 5.91 Å². The predicted molar refractivity (Wildman–Crippen MR) is 90.1 cm³/mol. The van der Waals surface area contributed by atoms with Crippen LogP contribution in [0.5, 0.6) is 0 Å². The van der Waals surface area contributed by atoms with E-state index in [0.717, 1.165) is 56.0 Å². The lowest BCUT2D eigenvalue weighted by atomic mass is 9.97. The van der Waals surface area contributed by atoms with E-state index in [4.69, 9.17) is 10.5 Å². The second-order valence-electron chi connectivity index (χ2n) is 6.10. The Morgan fingerprint density at radius 2 is 2.22 bits per heavy atom. The first-order chi connectivity index (χ1) is 11.1. The van der Waals surface area contributed by atoms with Gasteiger partial charge in [0.05, 0.1) is 12.0 Å². The van der Waals surface area contributed by atoms with Gasteiger partial charge in [-0.2, -0.15) is 0 Å². The smallest absolute Gasteiger partial charge is 0.227 e. The van der Waals surface area contributed by atoms with Crippen molar-refractivity contribution in [1.29, 1.82) is 0 Å². The van der Waals surface area contributed by atoms with Crippen LogP contribution in [0.4, 0.5) is 0 Å². The Morgan fingerprint density at radius 3 is 2.87 bits per heavy atom. The lowest BCUT2D eigenvalue weighted by Crippen LogP contribution is -2.28. The van der Waals surface area contributed by atoms with Gasteiger partial charge in [-0.3, -0.25) is 9.69 Å². The molecule has 3 N–H and O–H groups in total. The molecule has 2 atom stereocenters. The zero-order valence-corrected chi connectivity index (χ0v) is 14.1. The molecular formula is C18H28N2O3. The number of benzene rings is 1. The summed E-state index contributed by atoms with van der Waals surface area (Å²) in [4.78, 5) is 14.0. The Morgan fingerprint density at radius 1 is 1.43 bits per heavy atom. The molecule has 1 aliphatic carbocycles. The lowest BCUT2D eigenvalue weighted by molar-refractivity contribution is -0.121. The van der Waals surface area contributed by atoms with Crippen molar-refractivity contribution in [3.05, 3.63) is 34.9 Å². The van der Waals surface area contributed by atoms with Gasteiger partial charge in [-0.15, -0.1) is 0 Å². The molecule has 0 radical (unpaired) electrons. The van der Waals surface area contributed by atoms with Crippen LogP contribution in [-0.4, -0.2) is 48.3 Å². The average Bonchev–Trinajstić information content (AvgIpc) is 2.85. The Bertz CT molecular complexity index is 533. The van der Waals surface area contributed by atoms with E-state index in [1.54, 1.807) is 0 Å². The molecule has 23 heavy (non-hydrogen) atoms. The summed E-state index contributed by atoms with van der Waals surface area (Å²) in [6, 6.07) is 6.14.